The van der Waals surface area contributed by atoms with E-state index in [0.717, 1.165) is 6.07 Å². The molecule has 0 aliphatic carbocycles. The first-order chi connectivity index (χ1) is 13.2. The normalized spacial score (nSPS) is 11.8. The van der Waals surface area contributed by atoms with Crippen molar-refractivity contribution in [3.63, 3.8) is 0 Å². The SMILES string of the molecule is CN(CCO)C(=O)Cc1cc2nc(-c3ccc(Cl)cc3)cc(C(F)(F)F)n2n1. The Labute approximate surface area is 163 Å². The maximum atomic E-state index is 13.6. The molecule has 148 valence electrons. The molecule has 2 heterocycles. The third-order valence-corrected chi connectivity index (χ3v) is 4.35. The summed E-state index contributed by atoms with van der Waals surface area (Å²) < 4.78 is 41.4. The molecular formula is C18H16ClF3N4O2. The van der Waals surface area contributed by atoms with Crippen LogP contribution in [0.1, 0.15) is 11.4 Å². The number of likely N-dealkylation sites (N-methyl/N-ethyl adjacent to an activating group) is 1. The van der Waals surface area contributed by atoms with Crippen LogP contribution in [0.15, 0.2) is 36.4 Å². The van der Waals surface area contributed by atoms with Crippen LogP contribution in [-0.2, 0) is 17.4 Å². The van der Waals surface area contributed by atoms with Gasteiger partial charge in [-0.3, -0.25) is 4.79 Å². The Morgan fingerprint density at radius 1 is 1.25 bits per heavy atom. The first-order valence-electron chi connectivity index (χ1n) is 8.26. The second-order valence-corrected chi connectivity index (χ2v) is 6.59. The zero-order valence-corrected chi connectivity index (χ0v) is 15.5. The highest BCUT2D eigenvalue weighted by molar-refractivity contribution is 6.30. The van der Waals surface area contributed by atoms with Crippen molar-refractivity contribution >= 4 is 23.2 Å². The minimum atomic E-state index is -4.66. The lowest BCUT2D eigenvalue weighted by Crippen LogP contribution is -2.30. The molecule has 28 heavy (non-hydrogen) atoms. The number of hydrogen-bond acceptors (Lipinski definition) is 4. The predicted octanol–water partition coefficient (Wildman–Crippen LogP) is 3.06. The fourth-order valence-electron chi connectivity index (χ4n) is 2.64. The summed E-state index contributed by atoms with van der Waals surface area (Å²) in [4.78, 5) is 17.6. The molecule has 6 nitrogen and oxygen atoms in total. The van der Waals surface area contributed by atoms with Gasteiger partial charge in [0.25, 0.3) is 0 Å². The van der Waals surface area contributed by atoms with E-state index in [2.05, 4.69) is 10.1 Å². The summed E-state index contributed by atoms with van der Waals surface area (Å²) in [5, 5.41) is 13.3. The zero-order valence-electron chi connectivity index (χ0n) is 14.7. The lowest BCUT2D eigenvalue weighted by atomic mass is 10.1. The molecule has 0 unspecified atom stereocenters. The summed E-state index contributed by atoms with van der Waals surface area (Å²) in [6.45, 7) is -0.0867. The number of aromatic nitrogens is 3. The number of nitrogens with zero attached hydrogens (tertiary/aromatic N) is 4. The van der Waals surface area contributed by atoms with Crippen molar-refractivity contribution in [2.45, 2.75) is 12.6 Å². The molecule has 0 saturated carbocycles. The summed E-state index contributed by atoms with van der Waals surface area (Å²) in [5.74, 6) is -0.371. The second kappa shape index (κ2) is 7.76. The Bertz CT molecular complexity index is 1000. The van der Waals surface area contributed by atoms with Crippen molar-refractivity contribution in [2.24, 2.45) is 0 Å². The van der Waals surface area contributed by atoms with Gasteiger partial charge < -0.3 is 10.0 Å². The van der Waals surface area contributed by atoms with Gasteiger partial charge in [-0.2, -0.15) is 18.3 Å². The summed E-state index contributed by atoms with van der Waals surface area (Å²) in [7, 11) is 1.49. The van der Waals surface area contributed by atoms with Gasteiger partial charge in [-0.15, -0.1) is 0 Å². The molecular weight excluding hydrogens is 397 g/mol. The van der Waals surface area contributed by atoms with Crippen LogP contribution in [0, 0.1) is 0 Å². The molecule has 3 aromatic rings. The van der Waals surface area contributed by atoms with Gasteiger partial charge in [-0.1, -0.05) is 23.7 Å². The van der Waals surface area contributed by atoms with Gasteiger partial charge in [0.05, 0.1) is 24.4 Å². The monoisotopic (exact) mass is 412 g/mol. The number of rotatable bonds is 5. The highest BCUT2D eigenvalue weighted by Crippen LogP contribution is 2.32. The number of halogens is 4. The Hall–Kier alpha value is -2.65. The number of benzene rings is 1. The van der Waals surface area contributed by atoms with Crippen LogP contribution in [0.3, 0.4) is 0 Å². The van der Waals surface area contributed by atoms with Crippen LogP contribution < -0.4 is 0 Å². The molecule has 0 bridgehead atoms. The number of hydrogen-bond donors (Lipinski definition) is 1. The first kappa shape index (κ1) is 20.1. The standard InChI is InChI=1S/C18H16ClF3N4O2/c1-25(6-7-27)17(28)9-13-8-16-23-14(11-2-4-12(19)5-3-11)10-15(18(20,21)22)26(16)24-13/h2-5,8,10,27H,6-7,9H2,1H3. The van der Waals surface area contributed by atoms with Crippen LogP contribution in [-0.4, -0.2) is 50.7 Å². The maximum absolute atomic E-state index is 13.6. The van der Waals surface area contributed by atoms with Crippen LogP contribution >= 0.6 is 11.6 Å². The molecule has 0 fully saturated rings. The van der Waals surface area contributed by atoms with Crippen LogP contribution in [0.2, 0.25) is 5.02 Å². The number of fused-ring (bicyclic) bond motifs is 1. The van der Waals surface area contributed by atoms with E-state index >= 15 is 0 Å². The van der Waals surface area contributed by atoms with Gasteiger partial charge in [0.2, 0.25) is 5.91 Å². The van der Waals surface area contributed by atoms with E-state index in [9.17, 15) is 18.0 Å². The second-order valence-electron chi connectivity index (χ2n) is 6.15. The van der Waals surface area contributed by atoms with Crippen molar-refractivity contribution in [1.82, 2.24) is 19.5 Å². The van der Waals surface area contributed by atoms with Gasteiger partial charge in [0.1, 0.15) is 0 Å². The van der Waals surface area contributed by atoms with Gasteiger partial charge in [0.15, 0.2) is 11.3 Å². The smallest absolute Gasteiger partial charge is 0.395 e. The summed E-state index contributed by atoms with van der Waals surface area (Å²) in [6, 6.07) is 8.53. The van der Waals surface area contributed by atoms with Crippen molar-refractivity contribution in [3.8, 4) is 11.3 Å². The Balaban J connectivity index is 2.05. The molecule has 1 N–H and O–H groups in total. The third-order valence-electron chi connectivity index (χ3n) is 4.10. The minimum Gasteiger partial charge on any atom is -0.395 e. The maximum Gasteiger partial charge on any atom is 0.433 e. The number of carbonyl (C=O) groups is 1. The molecule has 0 atom stereocenters. The van der Waals surface area contributed by atoms with E-state index in [1.165, 1.54) is 18.0 Å². The summed E-state index contributed by atoms with van der Waals surface area (Å²) >= 11 is 5.83. The van der Waals surface area contributed by atoms with Gasteiger partial charge in [-0.05, 0) is 18.2 Å². The molecule has 0 saturated heterocycles. The van der Waals surface area contributed by atoms with Crippen molar-refractivity contribution in [2.75, 3.05) is 20.2 Å². The highest BCUT2D eigenvalue weighted by Gasteiger charge is 2.35. The van der Waals surface area contributed by atoms with E-state index in [1.807, 2.05) is 0 Å². The lowest BCUT2D eigenvalue weighted by Gasteiger charge is -2.14. The van der Waals surface area contributed by atoms with Crippen molar-refractivity contribution < 1.29 is 23.1 Å². The number of aliphatic hydroxyl groups is 1. The number of amides is 1. The van der Waals surface area contributed by atoms with E-state index in [1.54, 1.807) is 24.3 Å². The summed E-state index contributed by atoms with van der Waals surface area (Å²) in [5.41, 5.74) is -0.274. The summed E-state index contributed by atoms with van der Waals surface area (Å²) in [6.07, 6.45) is -4.86. The first-order valence-corrected chi connectivity index (χ1v) is 8.64. The predicted molar refractivity (Wildman–Crippen MR) is 96.9 cm³/mol. The third kappa shape index (κ3) is 4.26. The van der Waals surface area contributed by atoms with E-state index < -0.39 is 11.9 Å². The zero-order chi connectivity index (χ0) is 20.5. The quantitative estimate of drug-likeness (QED) is 0.699. The fraction of sp³-hybridized carbons (Fsp3) is 0.278. The van der Waals surface area contributed by atoms with Crippen LogP contribution in [0.25, 0.3) is 16.9 Å². The van der Waals surface area contributed by atoms with Crippen molar-refractivity contribution in [1.29, 1.82) is 0 Å². The Kier molecular flexibility index (Phi) is 5.57. The molecule has 1 aromatic carbocycles. The van der Waals surface area contributed by atoms with Gasteiger partial charge in [0, 0.05) is 30.2 Å². The molecule has 2 aromatic heterocycles. The molecule has 3 rings (SSSR count). The van der Waals surface area contributed by atoms with Crippen molar-refractivity contribution in [3.05, 3.63) is 52.8 Å². The topological polar surface area (TPSA) is 70.7 Å². The van der Waals surface area contributed by atoms with E-state index in [4.69, 9.17) is 16.7 Å². The number of aliphatic hydroxyl groups excluding tert-OH is 1. The lowest BCUT2D eigenvalue weighted by molar-refractivity contribution is -0.142. The highest BCUT2D eigenvalue weighted by atomic mass is 35.5. The van der Waals surface area contributed by atoms with Crippen LogP contribution in [0.4, 0.5) is 13.2 Å². The number of alkyl halides is 3. The Morgan fingerprint density at radius 2 is 1.93 bits per heavy atom. The van der Waals surface area contributed by atoms with Gasteiger partial charge in [-0.25, -0.2) is 9.50 Å². The largest absolute Gasteiger partial charge is 0.433 e. The fourth-order valence-corrected chi connectivity index (χ4v) is 2.77. The molecule has 0 aliphatic heterocycles. The number of carbonyl (C=O) groups excluding carboxylic acids is 1. The molecule has 0 aliphatic rings. The molecule has 0 spiro atoms. The Morgan fingerprint density at radius 3 is 2.54 bits per heavy atom. The van der Waals surface area contributed by atoms with Crippen LogP contribution in [0.5, 0.6) is 0 Å². The average Bonchev–Trinajstić information content (AvgIpc) is 3.02. The molecule has 10 heteroatoms. The molecule has 1 amide bonds. The molecule has 0 radical (unpaired) electrons. The minimum absolute atomic E-state index is 0.0209. The average molecular weight is 413 g/mol. The van der Waals surface area contributed by atoms with E-state index in [-0.39, 0.29) is 42.5 Å². The van der Waals surface area contributed by atoms with E-state index in [0.29, 0.717) is 15.1 Å². The van der Waals surface area contributed by atoms with Gasteiger partial charge >= 0.3 is 6.18 Å².